The predicted octanol–water partition coefficient (Wildman–Crippen LogP) is 4.92. The molecule has 156 valence electrons. The summed E-state index contributed by atoms with van der Waals surface area (Å²) in [5, 5.41) is 22.6. The standard InChI is InChI=1S/C23H21N5O3/c1-2-3-4-16-5-10-19(11-6-16)27-25-21-14-9-18(15-22(21)26-27)24-23(29)17-7-12-20(13-8-17)28(30)31/h5-15H,2-4H2,1H3,(H,24,29). The van der Waals surface area contributed by atoms with Gasteiger partial charge in [-0.25, -0.2) is 0 Å². The number of hydrogen-bond acceptors (Lipinski definition) is 5. The first-order valence-corrected chi connectivity index (χ1v) is 10.1. The number of fused-ring (bicyclic) bond motifs is 1. The first-order chi connectivity index (χ1) is 15.0. The number of nitrogens with zero attached hydrogens (tertiary/aromatic N) is 4. The van der Waals surface area contributed by atoms with Gasteiger partial charge in [-0.1, -0.05) is 25.5 Å². The number of aryl methyl sites for hydroxylation is 1. The molecule has 4 aromatic rings. The molecule has 0 unspecified atom stereocenters. The number of benzene rings is 3. The quantitative estimate of drug-likeness (QED) is 0.341. The van der Waals surface area contributed by atoms with E-state index in [0.29, 0.717) is 22.3 Å². The maximum absolute atomic E-state index is 12.4. The zero-order valence-electron chi connectivity index (χ0n) is 17.0. The van der Waals surface area contributed by atoms with Crippen LogP contribution >= 0.6 is 0 Å². The van der Waals surface area contributed by atoms with Gasteiger partial charge in [-0.15, -0.1) is 10.2 Å². The molecule has 1 amide bonds. The SMILES string of the molecule is CCCCc1ccc(-n2nc3ccc(NC(=O)c4ccc([N+](=O)[O-])cc4)cc3n2)cc1. The molecule has 1 heterocycles. The highest BCUT2D eigenvalue weighted by atomic mass is 16.6. The fourth-order valence-electron chi connectivity index (χ4n) is 3.22. The van der Waals surface area contributed by atoms with E-state index in [9.17, 15) is 14.9 Å². The van der Waals surface area contributed by atoms with Crippen LogP contribution in [0.2, 0.25) is 0 Å². The Balaban J connectivity index is 1.50. The van der Waals surface area contributed by atoms with Crippen molar-refractivity contribution in [3.63, 3.8) is 0 Å². The fourth-order valence-corrected chi connectivity index (χ4v) is 3.22. The minimum absolute atomic E-state index is 0.0621. The van der Waals surface area contributed by atoms with Gasteiger partial charge in [-0.3, -0.25) is 14.9 Å². The molecule has 1 aromatic heterocycles. The molecule has 0 bridgehead atoms. The summed E-state index contributed by atoms with van der Waals surface area (Å²) < 4.78 is 0. The van der Waals surface area contributed by atoms with Gasteiger partial charge in [0.2, 0.25) is 0 Å². The number of nitrogens with one attached hydrogen (secondary N) is 1. The van der Waals surface area contributed by atoms with Gasteiger partial charge < -0.3 is 5.32 Å². The molecule has 0 saturated carbocycles. The van der Waals surface area contributed by atoms with Crippen molar-refractivity contribution < 1.29 is 9.72 Å². The minimum Gasteiger partial charge on any atom is -0.322 e. The summed E-state index contributed by atoms with van der Waals surface area (Å²) in [5.41, 5.74) is 4.36. The number of amides is 1. The summed E-state index contributed by atoms with van der Waals surface area (Å²) in [4.78, 5) is 24.3. The highest BCUT2D eigenvalue weighted by Gasteiger charge is 2.11. The van der Waals surface area contributed by atoms with E-state index in [2.05, 4.69) is 34.6 Å². The first kappa shape index (κ1) is 20.2. The summed E-state index contributed by atoms with van der Waals surface area (Å²) in [5.74, 6) is -0.357. The second-order valence-electron chi connectivity index (χ2n) is 7.22. The summed E-state index contributed by atoms with van der Waals surface area (Å²) in [6.07, 6.45) is 3.39. The lowest BCUT2D eigenvalue weighted by Gasteiger charge is -2.04. The number of nitro benzene ring substituents is 1. The van der Waals surface area contributed by atoms with Crippen LogP contribution in [0.5, 0.6) is 0 Å². The fraction of sp³-hybridized carbons (Fsp3) is 0.174. The van der Waals surface area contributed by atoms with Crippen molar-refractivity contribution >= 4 is 28.3 Å². The van der Waals surface area contributed by atoms with Gasteiger partial charge in [0, 0.05) is 23.4 Å². The van der Waals surface area contributed by atoms with Gasteiger partial charge in [0.15, 0.2) is 0 Å². The van der Waals surface area contributed by atoms with Crippen LogP contribution in [-0.4, -0.2) is 25.8 Å². The molecule has 8 nitrogen and oxygen atoms in total. The van der Waals surface area contributed by atoms with Crippen molar-refractivity contribution in [2.24, 2.45) is 0 Å². The third-order valence-electron chi connectivity index (χ3n) is 4.96. The molecule has 4 rings (SSSR count). The Morgan fingerprint density at radius 3 is 2.39 bits per heavy atom. The summed E-state index contributed by atoms with van der Waals surface area (Å²) in [7, 11) is 0. The maximum atomic E-state index is 12.4. The average Bonchev–Trinajstić information content (AvgIpc) is 3.21. The molecular weight excluding hydrogens is 394 g/mol. The van der Waals surface area contributed by atoms with E-state index in [1.807, 2.05) is 12.1 Å². The third-order valence-corrected chi connectivity index (χ3v) is 4.96. The Morgan fingerprint density at radius 2 is 1.71 bits per heavy atom. The first-order valence-electron chi connectivity index (χ1n) is 10.1. The van der Waals surface area contributed by atoms with Crippen molar-refractivity contribution in [1.29, 1.82) is 0 Å². The van der Waals surface area contributed by atoms with Crippen LogP contribution in [0.3, 0.4) is 0 Å². The Bertz CT molecular complexity index is 1230. The van der Waals surface area contributed by atoms with E-state index in [4.69, 9.17) is 0 Å². The number of carbonyl (C=O) groups is 1. The van der Waals surface area contributed by atoms with E-state index >= 15 is 0 Å². The summed E-state index contributed by atoms with van der Waals surface area (Å²) >= 11 is 0. The van der Waals surface area contributed by atoms with Crippen LogP contribution in [0, 0.1) is 10.1 Å². The molecule has 1 N–H and O–H groups in total. The molecule has 0 fully saturated rings. The zero-order chi connectivity index (χ0) is 21.8. The second-order valence-corrected chi connectivity index (χ2v) is 7.22. The van der Waals surface area contributed by atoms with Crippen LogP contribution in [0.25, 0.3) is 16.7 Å². The smallest absolute Gasteiger partial charge is 0.269 e. The molecule has 8 heteroatoms. The van der Waals surface area contributed by atoms with Crippen molar-refractivity contribution in [1.82, 2.24) is 15.0 Å². The Kier molecular flexibility index (Phi) is 5.70. The van der Waals surface area contributed by atoms with E-state index in [-0.39, 0.29) is 11.6 Å². The zero-order valence-corrected chi connectivity index (χ0v) is 17.0. The molecule has 0 aliphatic heterocycles. The number of carbonyl (C=O) groups excluding carboxylic acids is 1. The largest absolute Gasteiger partial charge is 0.322 e. The van der Waals surface area contributed by atoms with Crippen molar-refractivity contribution in [2.45, 2.75) is 26.2 Å². The van der Waals surface area contributed by atoms with E-state index < -0.39 is 4.92 Å². The van der Waals surface area contributed by atoms with Crippen LogP contribution < -0.4 is 5.32 Å². The number of hydrogen-bond donors (Lipinski definition) is 1. The highest BCUT2D eigenvalue weighted by molar-refractivity contribution is 6.05. The molecule has 3 aromatic carbocycles. The number of rotatable bonds is 7. The monoisotopic (exact) mass is 415 g/mol. The van der Waals surface area contributed by atoms with Gasteiger partial charge in [0.25, 0.3) is 11.6 Å². The maximum Gasteiger partial charge on any atom is 0.269 e. The predicted molar refractivity (Wildman–Crippen MR) is 119 cm³/mol. The lowest BCUT2D eigenvalue weighted by molar-refractivity contribution is -0.384. The topological polar surface area (TPSA) is 103 Å². The van der Waals surface area contributed by atoms with Gasteiger partial charge in [0.1, 0.15) is 11.0 Å². The number of unbranched alkanes of at least 4 members (excludes halogenated alkanes) is 1. The Hall–Kier alpha value is -4.07. The molecule has 0 aliphatic rings. The Morgan fingerprint density at radius 1 is 1.00 bits per heavy atom. The van der Waals surface area contributed by atoms with Crippen molar-refractivity contribution in [3.05, 3.63) is 88.0 Å². The molecule has 0 saturated heterocycles. The average molecular weight is 415 g/mol. The number of nitro groups is 1. The number of aromatic nitrogens is 3. The molecule has 31 heavy (non-hydrogen) atoms. The molecule has 0 atom stereocenters. The molecule has 0 radical (unpaired) electrons. The number of non-ortho nitro benzene ring substituents is 1. The lowest BCUT2D eigenvalue weighted by atomic mass is 10.1. The van der Waals surface area contributed by atoms with Crippen LogP contribution in [0.15, 0.2) is 66.7 Å². The normalized spacial score (nSPS) is 10.9. The third kappa shape index (κ3) is 4.58. The van der Waals surface area contributed by atoms with Gasteiger partial charge >= 0.3 is 0 Å². The van der Waals surface area contributed by atoms with Crippen LogP contribution in [0.4, 0.5) is 11.4 Å². The van der Waals surface area contributed by atoms with Crippen molar-refractivity contribution in [3.8, 4) is 5.69 Å². The van der Waals surface area contributed by atoms with Gasteiger partial charge in [0.05, 0.1) is 10.6 Å². The van der Waals surface area contributed by atoms with E-state index in [1.54, 1.807) is 23.0 Å². The summed E-state index contributed by atoms with van der Waals surface area (Å²) in [6, 6.07) is 18.9. The summed E-state index contributed by atoms with van der Waals surface area (Å²) in [6.45, 7) is 2.18. The highest BCUT2D eigenvalue weighted by Crippen LogP contribution is 2.19. The number of anilines is 1. The Labute approximate surface area is 178 Å². The molecule has 0 spiro atoms. The van der Waals surface area contributed by atoms with Gasteiger partial charge in [-0.05, 0) is 60.9 Å². The molecular formula is C23H21N5O3. The van der Waals surface area contributed by atoms with Crippen molar-refractivity contribution in [2.75, 3.05) is 5.32 Å². The van der Waals surface area contributed by atoms with E-state index in [0.717, 1.165) is 24.9 Å². The van der Waals surface area contributed by atoms with E-state index in [1.165, 1.54) is 29.8 Å². The van der Waals surface area contributed by atoms with Gasteiger partial charge in [-0.2, -0.15) is 4.80 Å². The second kappa shape index (κ2) is 8.74. The van der Waals surface area contributed by atoms with Crippen LogP contribution in [0.1, 0.15) is 35.7 Å². The molecule has 0 aliphatic carbocycles. The minimum atomic E-state index is -0.502. The van der Waals surface area contributed by atoms with Crippen LogP contribution in [-0.2, 0) is 6.42 Å². The lowest BCUT2D eigenvalue weighted by Crippen LogP contribution is -2.11.